The quantitative estimate of drug-likeness (QED) is 0.205. The van der Waals surface area contributed by atoms with Crippen molar-refractivity contribution >= 4 is 39.4 Å². The first kappa shape index (κ1) is 20.8. The fourth-order valence-corrected chi connectivity index (χ4v) is 3.47. The van der Waals surface area contributed by atoms with Crippen molar-refractivity contribution in [3.8, 4) is 0 Å². The minimum Gasteiger partial charge on any atom is -0.467 e. The van der Waals surface area contributed by atoms with Crippen LogP contribution < -0.4 is 10.9 Å². The molecule has 0 radical (unpaired) electrons. The second kappa shape index (κ2) is 8.34. The Morgan fingerprint density at radius 3 is 2.75 bits per heavy atom. The van der Waals surface area contributed by atoms with Gasteiger partial charge in [0, 0.05) is 41.0 Å². The Morgan fingerprint density at radius 2 is 2.00 bits per heavy atom. The van der Waals surface area contributed by atoms with E-state index in [0.717, 1.165) is 16.5 Å². The lowest BCUT2D eigenvalue weighted by atomic mass is 10.0. The van der Waals surface area contributed by atoms with Crippen LogP contribution in [-0.2, 0) is 16.0 Å². The topological polar surface area (TPSA) is 145 Å². The molecule has 1 atom stereocenters. The number of aromatic amines is 1. The van der Waals surface area contributed by atoms with E-state index in [4.69, 9.17) is 9.15 Å². The molecule has 0 aliphatic rings. The lowest BCUT2D eigenvalue weighted by Gasteiger charge is -2.16. The first-order chi connectivity index (χ1) is 15.4. The van der Waals surface area contributed by atoms with Gasteiger partial charge in [0.2, 0.25) is 0 Å². The molecular formula is C22H17N3O7. The van der Waals surface area contributed by atoms with Gasteiger partial charge in [-0.2, -0.15) is 0 Å². The number of nitrogens with zero attached hydrogens (tertiary/aromatic N) is 1. The van der Waals surface area contributed by atoms with Gasteiger partial charge in [-0.1, -0.05) is 18.2 Å². The van der Waals surface area contributed by atoms with Gasteiger partial charge in [-0.25, -0.2) is 9.59 Å². The zero-order chi connectivity index (χ0) is 22.8. The van der Waals surface area contributed by atoms with Gasteiger partial charge in [0.25, 0.3) is 11.6 Å². The predicted octanol–water partition coefficient (Wildman–Crippen LogP) is 2.70. The Hall–Kier alpha value is -4.47. The normalized spacial score (nSPS) is 11.9. The second-order valence-corrected chi connectivity index (χ2v) is 7.04. The number of amides is 1. The lowest BCUT2D eigenvalue weighted by Crippen LogP contribution is -2.44. The van der Waals surface area contributed by atoms with Crippen molar-refractivity contribution in [2.75, 3.05) is 7.11 Å². The molecule has 0 saturated heterocycles. The fourth-order valence-electron chi connectivity index (χ4n) is 3.47. The molecule has 2 heterocycles. The summed E-state index contributed by atoms with van der Waals surface area (Å²) in [6.07, 6.45) is 1.85. The van der Waals surface area contributed by atoms with Crippen LogP contribution in [0.1, 0.15) is 15.9 Å². The van der Waals surface area contributed by atoms with Crippen molar-refractivity contribution in [2.24, 2.45) is 0 Å². The van der Waals surface area contributed by atoms with E-state index in [2.05, 4.69) is 10.3 Å². The Labute approximate surface area is 179 Å². The molecule has 0 fully saturated rings. The highest BCUT2D eigenvalue weighted by molar-refractivity contribution is 5.99. The summed E-state index contributed by atoms with van der Waals surface area (Å²) >= 11 is 0. The largest absolute Gasteiger partial charge is 0.467 e. The van der Waals surface area contributed by atoms with Gasteiger partial charge in [0.15, 0.2) is 0 Å². The monoisotopic (exact) mass is 435 g/mol. The summed E-state index contributed by atoms with van der Waals surface area (Å²) in [7, 11) is 1.19. The number of aromatic nitrogens is 1. The number of nitrogens with one attached hydrogen (secondary N) is 2. The number of esters is 1. The average Bonchev–Trinajstić information content (AvgIpc) is 3.20. The van der Waals surface area contributed by atoms with Crippen LogP contribution in [0.15, 0.2) is 63.9 Å². The molecule has 2 N–H and O–H groups in total. The summed E-state index contributed by atoms with van der Waals surface area (Å²) < 4.78 is 9.93. The SMILES string of the molecule is COC(=O)[C@H](Cc1c[nH]c2ccccc12)NC(=O)c1cc2cc([N+](=O)[O-])ccc2oc1=O. The zero-order valence-corrected chi connectivity index (χ0v) is 16.8. The molecule has 32 heavy (non-hydrogen) atoms. The van der Waals surface area contributed by atoms with Crippen LogP contribution in [0, 0.1) is 10.1 Å². The average molecular weight is 435 g/mol. The van der Waals surface area contributed by atoms with Gasteiger partial charge < -0.3 is 19.5 Å². The number of fused-ring (bicyclic) bond motifs is 2. The molecule has 162 valence electrons. The van der Waals surface area contributed by atoms with E-state index in [0.29, 0.717) is 0 Å². The molecule has 2 aromatic heterocycles. The van der Waals surface area contributed by atoms with Crippen LogP contribution in [0.25, 0.3) is 21.9 Å². The highest BCUT2D eigenvalue weighted by Gasteiger charge is 2.26. The second-order valence-electron chi connectivity index (χ2n) is 7.04. The first-order valence-corrected chi connectivity index (χ1v) is 9.53. The third kappa shape index (κ3) is 3.93. The highest BCUT2D eigenvalue weighted by atomic mass is 16.6. The van der Waals surface area contributed by atoms with Crippen LogP contribution in [-0.4, -0.2) is 34.9 Å². The molecule has 2 aromatic carbocycles. The molecule has 0 saturated carbocycles. The molecule has 4 rings (SSSR count). The maximum absolute atomic E-state index is 12.8. The van der Waals surface area contributed by atoms with E-state index in [1.807, 2.05) is 24.3 Å². The van der Waals surface area contributed by atoms with Crippen LogP contribution in [0.4, 0.5) is 5.69 Å². The minimum atomic E-state index is -1.08. The fraction of sp³-hybridized carbons (Fsp3) is 0.136. The number of rotatable bonds is 6. The van der Waals surface area contributed by atoms with Gasteiger partial charge >= 0.3 is 11.6 Å². The predicted molar refractivity (Wildman–Crippen MR) is 114 cm³/mol. The number of methoxy groups -OCH3 is 1. The first-order valence-electron chi connectivity index (χ1n) is 9.53. The van der Waals surface area contributed by atoms with Crippen molar-refractivity contribution < 1.29 is 23.7 Å². The summed E-state index contributed by atoms with van der Waals surface area (Å²) in [6, 6.07) is 11.3. The number of H-pyrrole nitrogens is 1. The molecule has 0 aliphatic heterocycles. The van der Waals surface area contributed by atoms with E-state index in [9.17, 15) is 24.5 Å². The summed E-state index contributed by atoms with van der Waals surface area (Å²) in [5.74, 6) is -1.55. The molecule has 1 amide bonds. The van der Waals surface area contributed by atoms with E-state index in [1.54, 1.807) is 6.20 Å². The van der Waals surface area contributed by atoms with Crippen molar-refractivity contribution in [2.45, 2.75) is 12.5 Å². The van der Waals surface area contributed by atoms with Gasteiger partial charge in [-0.15, -0.1) is 0 Å². The van der Waals surface area contributed by atoms with Crippen LogP contribution >= 0.6 is 0 Å². The van der Waals surface area contributed by atoms with Gasteiger partial charge in [-0.05, 0) is 23.8 Å². The van der Waals surface area contributed by atoms with E-state index in [1.165, 1.54) is 31.4 Å². The van der Waals surface area contributed by atoms with Crippen molar-refractivity contribution in [1.82, 2.24) is 10.3 Å². The Bertz CT molecular complexity index is 1420. The van der Waals surface area contributed by atoms with Gasteiger partial charge in [0.1, 0.15) is 17.2 Å². The van der Waals surface area contributed by atoms with E-state index < -0.39 is 28.5 Å². The molecule has 10 nitrogen and oxygen atoms in total. The zero-order valence-electron chi connectivity index (χ0n) is 16.8. The van der Waals surface area contributed by atoms with E-state index >= 15 is 0 Å². The smallest absolute Gasteiger partial charge is 0.349 e. The Kier molecular flexibility index (Phi) is 5.42. The number of carbonyl (C=O) groups excluding carboxylic acids is 2. The molecule has 0 aliphatic carbocycles. The summed E-state index contributed by atoms with van der Waals surface area (Å²) in [5.41, 5.74) is 0.210. The minimum absolute atomic E-state index is 0.0976. The standard InChI is InChI=1S/C22H17N3O7/c1-31-22(28)18(10-13-11-23-17-5-3-2-4-15(13)17)24-20(26)16-9-12-8-14(25(29)30)6-7-19(12)32-21(16)27/h2-9,11,18,23H,10H2,1H3,(H,24,26)/t18-/m0/s1. The number of nitro groups is 1. The van der Waals surface area contributed by atoms with Gasteiger partial charge in [0.05, 0.1) is 12.0 Å². The summed E-state index contributed by atoms with van der Waals surface area (Å²) in [6.45, 7) is 0. The molecule has 4 aromatic rings. The number of benzene rings is 2. The molecule has 0 unspecified atom stereocenters. The molecule has 10 heteroatoms. The van der Waals surface area contributed by atoms with Crippen LogP contribution in [0.2, 0.25) is 0 Å². The number of para-hydroxylation sites is 1. The van der Waals surface area contributed by atoms with Crippen LogP contribution in [0.3, 0.4) is 0 Å². The summed E-state index contributed by atoms with van der Waals surface area (Å²) in [4.78, 5) is 51.0. The number of ether oxygens (including phenoxy) is 1. The number of carbonyl (C=O) groups is 2. The number of nitro benzene ring substituents is 1. The maximum Gasteiger partial charge on any atom is 0.349 e. The van der Waals surface area contributed by atoms with Gasteiger partial charge in [-0.3, -0.25) is 14.9 Å². The molecular weight excluding hydrogens is 418 g/mol. The molecule has 0 spiro atoms. The lowest BCUT2D eigenvalue weighted by molar-refractivity contribution is -0.384. The Morgan fingerprint density at radius 1 is 1.22 bits per heavy atom. The van der Waals surface area contributed by atoms with Crippen molar-refractivity contribution in [3.05, 3.63) is 86.4 Å². The summed E-state index contributed by atoms with van der Waals surface area (Å²) in [5, 5.41) is 14.6. The van der Waals surface area contributed by atoms with Crippen LogP contribution in [0.5, 0.6) is 0 Å². The number of hydrogen-bond acceptors (Lipinski definition) is 7. The number of hydrogen-bond donors (Lipinski definition) is 2. The molecule has 0 bridgehead atoms. The van der Waals surface area contributed by atoms with E-state index in [-0.39, 0.29) is 28.6 Å². The van der Waals surface area contributed by atoms with Crippen molar-refractivity contribution in [3.63, 3.8) is 0 Å². The maximum atomic E-state index is 12.8. The highest BCUT2D eigenvalue weighted by Crippen LogP contribution is 2.21. The third-order valence-corrected chi connectivity index (χ3v) is 5.06. The van der Waals surface area contributed by atoms with Crippen molar-refractivity contribution in [1.29, 1.82) is 0 Å². The Balaban J connectivity index is 1.65. The third-order valence-electron chi connectivity index (χ3n) is 5.06. The number of non-ortho nitro benzene ring substituents is 1.